The van der Waals surface area contributed by atoms with Crippen molar-refractivity contribution in [1.82, 2.24) is 10.2 Å². The van der Waals surface area contributed by atoms with E-state index in [1.807, 2.05) is 0 Å². The first-order valence-electron chi connectivity index (χ1n) is 5.72. The molecule has 1 heterocycles. The maximum atomic E-state index is 10.3. The predicted molar refractivity (Wildman–Crippen MR) is 57.4 cm³/mol. The van der Waals surface area contributed by atoms with E-state index in [0.29, 0.717) is 11.8 Å². The highest BCUT2D eigenvalue weighted by molar-refractivity contribution is 5.67. The maximum absolute atomic E-state index is 10.3. The molecule has 0 amide bonds. The molecule has 1 fully saturated rings. The fourth-order valence-corrected chi connectivity index (χ4v) is 2.15. The average Bonchev–Trinajstić information content (AvgIpc) is 2.87. The summed E-state index contributed by atoms with van der Waals surface area (Å²) in [7, 11) is 0. The molecule has 1 aliphatic carbocycles. The van der Waals surface area contributed by atoms with E-state index in [4.69, 9.17) is 14.3 Å². The highest BCUT2D eigenvalue weighted by Crippen LogP contribution is 2.39. The van der Waals surface area contributed by atoms with Crippen molar-refractivity contribution in [3.05, 3.63) is 11.8 Å². The van der Waals surface area contributed by atoms with E-state index in [9.17, 15) is 4.79 Å². The van der Waals surface area contributed by atoms with Gasteiger partial charge in [0.05, 0.1) is 0 Å². The fraction of sp³-hybridized carbons (Fsp3) is 0.727. The molecule has 6 nitrogen and oxygen atoms in total. The fourth-order valence-electron chi connectivity index (χ4n) is 2.15. The smallest absolute Gasteiger partial charge is 0.329 e. The van der Waals surface area contributed by atoms with Gasteiger partial charge in [-0.3, -0.25) is 0 Å². The summed E-state index contributed by atoms with van der Waals surface area (Å²) in [6, 6.07) is 0. The van der Waals surface area contributed by atoms with Crippen molar-refractivity contribution in [1.29, 1.82) is 0 Å². The molecule has 0 radical (unpaired) electrons. The minimum absolute atomic E-state index is 0.0158. The van der Waals surface area contributed by atoms with Gasteiger partial charge >= 0.3 is 5.97 Å². The van der Waals surface area contributed by atoms with E-state index in [0.717, 1.165) is 12.8 Å². The lowest BCUT2D eigenvalue weighted by Crippen LogP contribution is -2.17. The van der Waals surface area contributed by atoms with Crippen molar-refractivity contribution in [3.63, 3.8) is 0 Å². The molecule has 0 aromatic carbocycles. The molecule has 1 aromatic rings. The Morgan fingerprint density at radius 3 is 2.82 bits per heavy atom. The Morgan fingerprint density at radius 2 is 2.18 bits per heavy atom. The van der Waals surface area contributed by atoms with Crippen LogP contribution in [0.3, 0.4) is 0 Å². The molecule has 17 heavy (non-hydrogen) atoms. The highest BCUT2D eigenvalue weighted by atomic mass is 16.5. The van der Waals surface area contributed by atoms with Crippen LogP contribution in [-0.4, -0.2) is 27.9 Å². The molecule has 0 unspecified atom stereocenters. The van der Waals surface area contributed by atoms with Crippen LogP contribution in [0.5, 0.6) is 0 Å². The summed E-state index contributed by atoms with van der Waals surface area (Å²) in [5, 5.41) is 16.3. The number of carbonyl (C=O) groups is 1. The monoisotopic (exact) mass is 240 g/mol. The number of carboxylic acid groups (broad SMARTS) is 1. The first-order valence-corrected chi connectivity index (χ1v) is 5.72. The molecule has 1 saturated carbocycles. The van der Waals surface area contributed by atoms with Crippen molar-refractivity contribution in [2.45, 2.75) is 44.6 Å². The lowest BCUT2D eigenvalue weighted by atomic mass is 9.89. The molecule has 2 rings (SSSR count). The van der Waals surface area contributed by atoms with Crippen LogP contribution in [0.4, 0.5) is 0 Å². The van der Waals surface area contributed by atoms with Gasteiger partial charge < -0.3 is 14.3 Å². The lowest BCUT2D eigenvalue weighted by Gasteiger charge is -2.17. The molecule has 0 bridgehead atoms. The third-order valence-corrected chi connectivity index (χ3v) is 3.14. The molecule has 0 atom stereocenters. The largest absolute Gasteiger partial charge is 0.480 e. The second kappa shape index (κ2) is 4.83. The van der Waals surface area contributed by atoms with Gasteiger partial charge in [-0.25, -0.2) is 4.79 Å². The summed E-state index contributed by atoms with van der Waals surface area (Å²) in [6.45, 7) is 1.82. The van der Waals surface area contributed by atoms with Crippen LogP contribution < -0.4 is 0 Å². The number of ether oxygens (including phenoxy) is 1. The van der Waals surface area contributed by atoms with Gasteiger partial charge in [0.1, 0.15) is 13.2 Å². The van der Waals surface area contributed by atoms with Gasteiger partial charge in [0.15, 0.2) is 0 Å². The zero-order valence-corrected chi connectivity index (χ0v) is 9.81. The van der Waals surface area contributed by atoms with Crippen LogP contribution in [0.25, 0.3) is 0 Å². The van der Waals surface area contributed by atoms with Crippen molar-refractivity contribution in [2.24, 2.45) is 0 Å². The van der Waals surface area contributed by atoms with E-state index < -0.39 is 5.97 Å². The van der Waals surface area contributed by atoms with E-state index in [-0.39, 0.29) is 18.6 Å². The van der Waals surface area contributed by atoms with E-state index in [2.05, 4.69) is 17.1 Å². The summed E-state index contributed by atoms with van der Waals surface area (Å²) in [5.41, 5.74) is -0.0158. The summed E-state index contributed by atoms with van der Waals surface area (Å²) in [5.74, 6) is -0.0224. The molecular formula is C11H16N2O4. The Balaban J connectivity index is 1.93. The van der Waals surface area contributed by atoms with Crippen LogP contribution >= 0.6 is 0 Å². The van der Waals surface area contributed by atoms with Gasteiger partial charge in [-0.05, 0) is 12.8 Å². The Bertz CT molecular complexity index is 396. The second-order valence-electron chi connectivity index (χ2n) is 4.66. The molecule has 1 N–H and O–H groups in total. The highest BCUT2D eigenvalue weighted by Gasteiger charge is 2.35. The summed E-state index contributed by atoms with van der Waals surface area (Å²) >= 11 is 0. The minimum atomic E-state index is -1.01. The Morgan fingerprint density at radius 1 is 1.47 bits per heavy atom. The van der Waals surface area contributed by atoms with Gasteiger partial charge in [-0.2, -0.15) is 0 Å². The predicted octanol–water partition coefficient (Wildman–Crippen LogP) is 1.50. The number of aliphatic carboxylic acids is 1. The zero-order chi connectivity index (χ0) is 12.3. The van der Waals surface area contributed by atoms with Gasteiger partial charge in [0, 0.05) is 5.41 Å². The lowest BCUT2D eigenvalue weighted by molar-refractivity contribution is -0.142. The molecule has 0 saturated heterocycles. The van der Waals surface area contributed by atoms with E-state index in [1.165, 1.54) is 12.8 Å². The summed E-state index contributed by atoms with van der Waals surface area (Å²) in [6.07, 6.45) is 4.49. The normalized spacial score (nSPS) is 18.4. The summed E-state index contributed by atoms with van der Waals surface area (Å²) in [4.78, 5) is 10.3. The third-order valence-electron chi connectivity index (χ3n) is 3.14. The SMILES string of the molecule is CC1(c2nnc(COCC(=O)O)o2)CCCC1. The first kappa shape index (κ1) is 12.0. The van der Waals surface area contributed by atoms with Crippen molar-refractivity contribution in [2.75, 3.05) is 6.61 Å². The van der Waals surface area contributed by atoms with Gasteiger partial charge in [-0.15, -0.1) is 10.2 Å². The number of aromatic nitrogens is 2. The topological polar surface area (TPSA) is 85.5 Å². The van der Waals surface area contributed by atoms with Gasteiger partial charge in [0.25, 0.3) is 0 Å². The first-order chi connectivity index (χ1) is 8.10. The average molecular weight is 240 g/mol. The van der Waals surface area contributed by atoms with Crippen molar-refractivity contribution in [3.8, 4) is 0 Å². The maximum Gasteiger partial charge on any atom is 0.329 e. The van der Waals surface area contributed by atoms with E-state index in [1.54, 1.807) is 0 Å². The van der Waals surface area contributed by atoms with Crippen LogP contribution in [0.1, 0.15) is 44.4 Å². The Kier molecular flexibility index (Phi) is 3.42. The second-order valence-corrected chi connectivity index (χ2v) is 4.66. The van der Waals surface area contributed by atoms with Gasteiger partial charge in [0.2, 0.25) is 11.8 Å². The quantitative estimate of drug-likeness (QED) is 0.839. The number of rotatable bonds is 5. The molecular weight excluding hydrogens is 224 g/mol. The van der Waals surface area contributed by atoms with Crippen molar-refractivity contribution >= 4 is 5.97 Å². The number of nitrogens with zero attached hydrogens (tertiary/aromatic N) is 2. The molecule has 0 aliphatic heterocycles. The zero-order valence-electron chi connectivity index (χ0n) is 9.81. The molecule has 6 heteroatoms. The van der Waals surface area contributed by atoms with Crippen LogP contribution in [0.2, 0.25) is 0 Å². The van der Waals surface area contributed by atoms with Crippen LogP contribution in [-0.2, 0) is 21.6 Å². The van der Waals surface area contributed by atoms with Crippen molar-refractivity contribution < 1.29 is 19.1 Å². The Hall–Kier alpha value is -1.43. The molecule has 1 aromatic heterocycles. The number of carboxylic acids is 1. The van der Waals surface area contributed by atoms with Gasteiger partial charge in [-0.1, -0.05) is 19.8 Å². The number of hydrogen-bond acceptors (Lipinski definition) is 5. The molecule has 0 spiro atoms. The third kappa shape index (κ3) is 2.82. The summed E-state index contributed by atoms with van der Waals surface area (Å²) < 4.78 is 10.4. The molecule has 1 aliphatic rings. The van der Waals surface area contributed by atoms with Crippen LogP contribution in [0, 0.1) is 0 Å². The van der Waals surface area contributed by atoms with E-state index >= 15 is 0 Å². The standard InChI is InChI=1S/C11H16N2O4/c1-11(4-2-3-5-11)10-13-12-8(17-10)6-16-7-9(14)15/h2-7H2,1H3,(H,14,15). The molecule has 94 valence electrons. The Labute approximate surface area is 99.0 Å². The number of hydrogen-bond donors (Lipinski definition) is 1. The minimum Gasteiger partial charge on any atom is -0.480 e. The van der Waals surface area contributed by atoms with Crippen LogP contribution in [0.15, 0.2) is 4.42 Å².